The zero-order valence-electron chi connectivity index (χ0n) is 12.0. The molecule has 1 saturated heterocycles. The second-order valence-electron chi connectivity index (χ2n) is 5.81. The maximum absolute atomic E-state index is 5.91. The second-order valence-corrected chi connectivity index (χ2v) is 5.81. The van der Waals surface area contributed by atoms with Crippen molar-refractivity contribution >= 4 is 5.69 Å². The maximum Gasteiger partial charge on any atom is 0.0838 e. The molecule has 0 aliphatic carbocycles. The summed E-state index contributed by atoms with van der Waals surface area (Å²) >= 11 is 0. The maximum atomic E-state index is 5.91. The molecular weight excluding hydrogens is 222 g/mol. The highest BCUT2D eigenvalue weighted by Crippen LogP contribution is 2.35. The van der Waals surface area contributed by atoms with Crippen LogP contribution in [0.5, 0.6) is 0 Å². The Bertz CT molecular complexity index is 386. The first-order chi connectivity index (χ1) is 8.50. The van der Waals surface area contributed by atoms with Crippen molar-refractivity contribution in [2.45, 2.75) is 39.5 Å². The van der Waals surface area contributed by atoms with Gasteiger partial charge in [0, 0.05) is 18.8 Å². The van der Waals surface area contributed by atoms with E-state index in [1.807, 2.05) is 5.01 Å². The molecule has 0 radical (unpaired) electrons. The number of hydrogen-bond donors (Lipinski definition) is 1. The van der Waals surface area contributed by atoms with Gasteiger partial charge in [0.05, 0.1) is 6.67 Å². The van der Waals surface area contributed by atoms with Crippen molar-refractivity contribution in [2.75, 3.05) is 24.7 Å². The van der Waals surface area contributed by atoms with Crippen LogP contribution in [0, 0.1) is 0 Å². The molecule has 0 saturated carbocycles. The minimum Gasteiger partial charge on any atom is -0.355 e. The molecule has 1 fully saturated rings. The molecule has 1 aromatic carbocycles. The molecule has 0 unspecified atom stereocenters. The summed E-state index contributed by atoms with van der Waals surface area (Å²) in [5.41, 5.74) is 4.29. The first-order valence-corrected chi connectivity index (χ1v) is 6.88. The van der Waals surface area contributed by atoms with Gasteiger partial charge >= 0.3 is 0 Å². The van der Waals surface area contributed by atoms with E-state index in [9.17, 15) is 0 Å². The van der Waals surface area contributed by atoms with Gasteiger partial charge in [-0.3, -0.25) is 5.84 Å². The number of nitrogens with two attached hydrogens (primary N) is 1. The molecule has 3 heteroatoms. The van der Waals surface area contributed by atoms with Crippen molar-refractivity contribution in [1.82, 2.24) is 5.01 Å². The molecule has 1 aliphatic heterocycles. The van der Waals surface area contributed by atoms with Crippen LogP contribution >= 0.6 is 0 Å². The van der Waals surface area contributed by atoms with Crippen LogP contribution in [0.4, 0.5) is 5.69 Å². The van der Waals surface area contributed by atoms with E-state index in [1.165, 1.54) is 16.8 Å². The summed E-state index contributed by atoms with van der Waals surface area (Å²) in [4.78, 5) is 2.42. The lowest BCUT2D eigenvalue weighted by Gasteiger charge is -2.27. The van der Waals surface area contributed by atoms with Gasteiger partial charge in [-0.15, -0.1) is 0 Å². The zero-order valence-corrected chi connectivity index (χ0v) is 12.0. The SMILES string of the molecule is CC(C)c1cccc(C(C)C)c1N1CCN(N)C1. The predicted molar refractivity (Wildman–Crippen MR) is 77.7 cm³/mol. The third kappa shape index (κ3) is 2.52. The van der Waals surface area contributed by atoms with Crippen molar-refractivity contribution in [3.05, 3.63) is 29.3 Å². The first-order valence-electron chi connectivity index (χ1n) is 6.88. The monoisotopic (exact) mass is 247 g/mol. The highest BCUT2D eigenvalue weighted by Gasteiger charge is 2.24. The van der Waals surface area contributed by atoms with E-state index < -0.39 is 0 Å². The van der Waals surface area contributed by atoms with Crippen LogP contribution in [0.3, 0.4) is 0 Å². The number of nitrogens with zero attached hydrogens (tertiary/aromatic N) is 2. The van der Waals surface area contributed by atoms with Crippen LogP contribution in [0.15, 0.2) is 18.2 Å². The number of hydrazine groups is 1. The largest absolute Gasteiger partial charge is 0.355 e. The quantitative estimate of drug-likeness (QED) is 0.834. The van der Waals surface area contributed by atoms with E-state index in [0.29, 0.717) is 11.8 Å². The molecule has 1 aromatic rings. The molecule has 1 heterocycles. The Balaban J connectivity index is 2.46. The smallest absolute Gasteiger partial charge is 0.0838 e. The lowest BCUT2D eigenvalue weighted by atomic mass is 9.92. The molecular formula is C15H25N3. The number of benzene rings is 1. The Morgan fingerprint density at radius 1 is 1.00 bits per heavy atom. The average Bonchev–Trinajstić information content (AvgIpc) is 2.74. The molecule has 0 bridgehead atoms. The van der Waals surface area contributed by atoms with Crippen LogP contribution in [0.1, 0.15) is 50.7 Å². The molecule has 0 aromatic heterocycles. The Labute approximate surface area is 111 Å². The summed E-state index contributed by atoms with van der Waals surface area (Å²) in [6, 6.07) is 6.70. The third-order valence-corrected chi connectivity index (χ3v) is 3.67. The second kappa shape index (κ2) is 5.29. The summed E-state index contributed by atoms with van der Waals surface area (Å²) in [5, 5.41) is 1.89. The number of rotatable bonds is 3. The lowest BCUT2D eigenvalue weighted by Crippen LogP contribution is -2.31. The van der Waals surface area contributed by atoms with Gasteiger partial charge in [0.2, 0.25) is 0 Å². The van der Waals surface area contributed by atoms with Crippen LogP contribution in [0.2, 0.25) is 0 Å². The van der Waals surface area contributed by atoms with Gasteiger partial charge in [-0.25, -0.2) is 5.01 Å². The van der Waals surface area contributed by atoms with Gasteiger partial charge < -0.3 is 4.90 Å². The van der Waals surface area contributed by atoms with E-state index in [4.69, 9.17) is 5.84 Å². The molecule has 2 N–H and O–H groups in total. The van der Waals surface area contributed by atoms with E-state index in [0.717, 1.165) is 19.8 Å². The van der Waals surface area contributed by atoms with Crippen LogP contribution in [-0.2, 0) is 0 Å². The van der Waals surface area contributed by atoms with E-state index in [1.54, 1.807) is 0 Å². The van der Waals surface area contributed by atoms with Crippen LogP contribution < -0.4 is 10.7 Å². The van der Waals surface area contributed by atoms with E-state index >= 15 is 0 Å². The first kappa shape index (κ1) is 13.4. The van der Waals surface area contributed by atoms with Crippen molar-refractivity contribution in [1.29, 1.82) is 0 Å². The highest BCUT2D eigenvalue weighted by atomic mass is 15.5. The Hall–Kier alpha value is -1.06. The molecule has 0 amide bonds. The number of para-hydroxylation sites is 1. The molecule has 0 spiro atoms. The average molecular weight is 247 g/mol. The molecule has 3 nitrogen and oxygen atoms in total. The molecule has 2 rings (SSSR count). The number of anilines is 1. The molecule has 18 heavy (non-hydrogen) atoms. The summed E-state index contributed by atoms with van der Waals surface area (Å²) in [6.07, 6.45) is 0. The molecule has 1 aliphatic rings. The van der Waals surface area contributed by atoms with Gasteiger partial charge in [0.1, 0.15) is 0 Å². The normalized spacial score (nSPS) is 17.2. The van der Waals surface area contributed by atoms with Gasteiger partial charge in [-0.2, -0.15) is 0 Å². The van der Waals surface area contributed by atoms with Crippen molar-refractivity contribution in [3.63, 3.8) is 0 Å². The Morgan fingerprint density at radius 3 is 1.94 bits per heavy atom. The standard InChI is InChI=1S/C15H25N3/c1-11(2)13-6-5-7-14(12(3)4)15(13)17-8-9-18(16)10-17/h5-7,11-12H,8-10,16H2,1-4H3. The van der Waals surface area contributed by atoms with Gasteiger partial charge in [0.15, 0.2) is 0 Å². The van der Waals surface area contributed by atoms with E-state index in [-0.39, 0.29) is 0 Å². The van der Waals surface area contributed by atoms with E-state index in [2.05, 4.69) is 50.8 Å². The highest BCUT2D eigenvalue weighted by molar-refractivity contribution is 5.62. The Kier molecular flexibility index (Phi) is 3.93. The van der Waals surface area contributed by atoms with Gasteiger partial charge in [-0.05, 0) is 23.0 Å². The predicted octanol–water partition coefficient (Wildman–Crippen LogP) is 2.89. The summed E-state index contributed by atoms with van der Waals surface area (Å²) in [7, 11) is 0. The van der Waals surface area contributed by atoms with Crippen molar-refractivity contribution < 1.29 is 0 Å². The third-order valence-electron chi connectivity index (χ3n) is 3.67. The fraction of sp³-hybridized carbons (Fsp3) is 0.600. The fourth-order valence-electron chi connectivity index (χ4n) is 2.67. The fourth-order valence-corrected chi connectivity index (χ4v) is 2.67. The Morgan fingerprint density at radius 2 is 1.56 bits per heavy atom. The summed E-state index contributed by atoms with van der Waals surface area (Å²) in [5.74, 6) is 7.00. The lowest BCUT2D eigenvalue weighted by molar-refractivity contribution is 0.357. The van der Waals surface area contributed by atoms with Crippen molar-refractivity contribution in [3.8, 4) is 0 Å². The van der Waals surface area contributed by atoms with Crippen molar-refractivity contribution in [2.24, 2.45) is 5.84 Å². The van der Waals surface area contributed by atoms with Crippen LogP contribution in [-0.4, -0.2) is 24.8 Å². The summed E-state index contributed by atoms with van der Waals surface area (Å²) in [6.45, 7) is 11.9. The topological polar surface area (TPSA) is 32.5 Å². The molecule has 0 atom stereocenters. The van der Waals surface area contributed by atoms with Gasteiger partial charge in [-0.1, -0.05) is 45.9 Å². The zero-order chi connectivity index (χ0) is 13.3. The summed E-state index contributed by atoms with van der Waals surface area (Å²) < 4.78 is 0. The molecule has 100 valence electrons. The minimum absolute atomic E-state index is 0.547. The minimum atomic E-state index is 0.547. The number of hydrogen-bond acceptors (Lipinski definition) is 3. The van der Waals surface area contributed by atoms with Crippen LogP contribution in [0.25, 0.3) is 0 Å². The van der Waals surface area contributed by atoms with Gasteiger partial charge in [0.25, 0.3) is 0 Å².